The zero-order chi connectivity index (χ0) is 16.1. The van der Waals surface area contributed by atoms with Crippen molar-refractivity contribution in [1.82, 2.24) is 4.90 Å². The van der Waals surface area contributed by atoms with Gasteiger partial charge in [0.15, 0.2) is 0 Å². The molecule has 0 radical (unpaired) electrons. The second kappa shape index (κ2) is 7.11. The summed E-state index contributed by atoms with van der Waals surface area (Å²) in [5.74, 6) is 0.480. The van der Waals surface area contributed by atoms with Crippen molar-refractivity contribution in [3.8, 4) is 0 Å². The Hall–Kier alpha value is -2.30. The maximum absolute atomic E-state index is 12.4. The van der Waals surface area contributed by atoms with Gasteiger partial charge >= 0.3 is 5.97 Å². The summed E-state index contributed by atoms with van der Waals surface area (Å²) in [6.45, 7) is 3.13. The molecule has 5 heteroatoms. The Kier molecular flexibility index (Phi) is 5.20. The number of ether oxygens (including phenoxy) is 2. The Morgan fingerprint density at radius 2 is 1.91 bits per heavy atom. The molecule has 5 nitrogen and oxygen atoms in total. The number of benzene rings is 1. The van der Waals surface area contributed by atoms with Crippen molar-refractivity contribution in [2.24, 2.45) is 0 Å². The lowest BCUT2D eigenvalue weighted by Crippen LogP contribution is -2.26. The first-order chi connectivity index (χ1) is 10.6. The quantitative estimate of drug-likeness (QED) is 0.754. The lowest BCUT2D eigenvalue weighted by Gasteiger charge is -2.12. The number of likely N-dealkylation sites (N-methyl/N-ethyl adjacent to an activating group) is 1. The van der Waals surface area contributed by atoms with Gasteiger partial charge in [0.2, 0.25) is 0 Å². The van der Waals surface area contributed by atoms with Crippen LogP contribution in [0.15, 0.2) is 30.0 Å². The number of hydrogen-bond acceptors (Lipinski definition) is 4. The summed E-state index contributed by atoms with van der Waals surface area (Å²) in [6, 6.07) is 7.66. The van der Waals surface area contributed by atoms with Crippen molar-refractivity contribution in [3.63, 3.8) is 0 Å². The summed E-state index contributed by atoms with van der Waals surface area (Å²) < 4.78 is 9.99. The molecule has 0 atom stereocenters. The van der Waals surface area contributed by atoms with E-state index in [0.29, 0.717) is 37.3 Å². The van der Waals surface area contributed by atoms with Crippen molar-refractivity contribution < 1.29 is 19.1 Å². The van der Waals surface area contributed by atoms with Crippen molar-refractivity contribution >= 4 is 17.4 Å². The first kappa shape index (κ1) is 16.1. The maximum Gasteiger partial charge on any atom is 0.305 e. The Labute approximate surface area is 130 Å². The summed E-state index contributed by atoms with van der Waals surface area (Å²) in [5, 5.41) is 0. The van der Waals surface area contributed by atoms with Crippen molar-refractivity contribution in [3.05, 3.63) is 41.2 Å². The van der Waals surface area contributed by atoms with E-state index >= 15 is 0 Å². The van der Waals surface area contributed by atoms with Gasteiger partial charge in [-0.25, -0.2) is 0 Å². The van der Waals surface area contributed by atoms with Gasteiger partial charge in [0.25, 0.3) is 5.91 Å². The van der Waals surface area contributed by atoms with Crippen LogP contribution < -0.4 is 0 Å². The summed E-state index contributed by atoms with van der Waals surface area (Å²) in [4.78, 5) is 25.3. The number of aryl methyl sites for hydroxylation is 1. The molecule has 1 aliphatic rings. The van der Waals surface area contributed by atoms with Gasteiger partial charge in [0, 0.05) is 13.0 Å². The van der Waals surface area contributed by atoms with E-state index in [4.69, 9.17) is 4.74 Å². The molecular weight excluding hydrogens is 282 g/mol. The fourth-order valence-corrected chi connectivity index (χ4v) is 2.49. The monoisotopic (exact) mass is 303 g/mol. The highest BCUT2D eigenvalue weighted by Gasteiger charge is 2.31. The SMILES string of the molecule is CCN1CC(OC)=C(c2ccc(CCC(=O)OC)cc2)C1=O. The Morgan fingerprint density at radius 3 is 2.45 bits per heavy atom. The van der Waals surface area contributed by atoms with E-state index in [9.17, 15) is 9.59 Å². The van der Waals surface area contributed by atoms with E-state index in [1.165, 1.54) is 7.11 Å². The normalized spacial score (nSPS) is 14.5. The van der Waals surface area contributed by atoms with Crippen LogP contribution in [0.25, 0.3) is 5.57 Å². The number of carbonyl (C=O) groups excluding carboxylic acids is 2. The van der Waals surface area contributed by atoms with Crippen LogP contribution in [-0.2, 0) is 25.5 Å². The van der Waals surface area contributed by atoms with Crippen LogP contribution in [-0.4, -0.2) is 44.1 Å². The molecule has 0 spiro atoms. The highest BCUT2D eigenvalue weighted by atomic mass is 16.5. The number of amides is 1. The second-order valence-electron chi connectivity index (χ2n) is 5.09. The average Bonchev–Trinajstić information content (AvgIpc) is 2.88. The molecule has 0 N–H and O–H groups in total. The first-order valence-electron chi connectivity index (χ1n) is 7.33. The van der Waals surface area contributed by atoms with Crippen LogP contribution in [0.4, 0.5) is 0 Å². The highest BCUT2D eigenvalue weighted by Crippen LogP contribution is 2.28. The average molecular weight is 303 g/mol. The fraction of sp³-hybridized carbons (Fsp3) is 0.412. The number of methoxy groups -OCH3 is 2. The van der Waals surface area contributed by atoms with Gasteiger partial charge < -0.3 is 14.4 Å². The summed E-state index contributed by atoms with van der Waals surface area (Å²) in [7, 11) is 2.97. The number of hydrogen-bond donors (Lipinski definition) is 0. The third kappa shape index (κ3) is 3.30. The number of carbonyl (C=O) groups is 2. The molecule has 22 heavy (non-hydrogen) atoms. The number of nitrogens with zero attached hydrogens (tertiary/aromatic N) is 1. The molecule has 0 fully saturated rings. The van der Waals surface area contributed by atoms with E-state index in [1.54, 1.807) is 12.0 Å². The van der Waals surface area contributed by atoms with E-state index in [-0.39, 0.29) is 11.9 Å². The molecule has 0 bridgehead atoms. The summed E-state index contributed by atoms with van der Waals surface area (Å²) >= 11 is 0. The molecule has 1 aliphatic heterocycles. The molecule has 1 heterocycles. The summed E-state index contributed by atoms with van der Waals surface area (Å²) in [5.41, 5.74) is 2.51. The van der Waals surface area contributed by atoms with Crippen LogP contribution in [0.3, 0.4) is 0 Å². The maximum atomic E-state index is 12.4. The van der Waals surface area contributed by atoms with Crippen LogP contribution in [0.2, 0.25) is 0 Å². The lowest BCUT2D eigenvalue weighted by molar-refractivity contribution is -0.140. The molecular formula is C17H21NO4. The molecule has 0 aromatic heterocycles. The Morgan fingerprint density at radius 1 is 1.23 bits per heavy atom. The zero-order valence-corrected chi connectivity index (χ0v) is 13.2. The molecule has 1 aromatic carbocycles. The van der Waals surface area contributed by atoms with Gasteiger partial charge in [0.05, 0.1) is 26.3 Å². The van der Waals surface area contributed by atoms with Gasteiger partial charge in [-0.2, -0.15) is 0 Å². The highest BCUT2D eigenvalue weighted by molar-refractivity contribution is 6.22. The van der Waals surface area contributed by atoms with E-state index in [1.807, 2.05) is 31.2 Å². The van der Waals surface area contributed by atoms with Gasteiger partial charge in [-0.05, 0) is 24.5 Å². The van der Waals surface area contributed by atoms with Crippen molar-refractivity contribution in [1.29, 1.82) is 0 Å². The first-order valence-corrected chi connectivity index (χ1v) is 7.33. The van der Waals surface area contributed by atoms with Crippen molar-refractivity contribution in [2.45, 2.75) is 19.8 Å². The third-order valence-electron chi connectivity index (χ3n) is 3.83. The predicted octanol–water partition coefficient (Wildman–Crippen LogP) is 2.01. The van der Waals surface area contributed by atoms with Crippen LogP contribution in [0.1, 0.15) is 24.5 Å². The van der Waals surface area contributed by atoms with Gasteiger partial charge in [-0.15, -0.1) is 0 Å². The van der Waals surface area contributed by atoms with E-state index in [2.05, 4.69) is 4.74 Å². The van der Waals surface area contributed by atoms with Crippen molar-refractivity contribution in [2.75, 3.05) is 27.3 Å². The topological polar surface area (TPSA) is 55.8 Å². The van der Waals surface area contributed by atoms with Crippen LogP contribution in [0.5, 0.6) is 0 Å². The number of rotatable bonds is 6. The Bertz CT molecular complexity index is 589. The molecule has 0 saturated heterocycles. The van der Waals surface area contributed by atoms with E-state index in [0.717, 1.165) is 11.1 Å². The molecule has 0 aliphatic carbocycles. The fourth-order valence-electron chi connectivity index (χ4n) is 2.49. The lowest BCUT2D eigenvalue weighted by atomic mass is 10.0. The second-order valence-corrected chi connectivity index (χ2v) is 5.09. The minimum Gasteiger partial charge on any atom is -0.498 e. The van der Waals surface area contributed by atoms with Crippen LogP contribution in [0, 0.1) is 0 Å². The summed E-state index contributed by atoms with van der Waals surface area (Å²) in [6.07, 6.45) is 0.975. The predicted molar refractivity (Wildman–Crippen MR) is 83.0 cm³/mol. The minimum atomic E-state index is -0.224. The molecule has 118 valence electrons. The van der Waals surface area contributed by atoms with Gasteiger partial charge in [-0.3, -0.25) is 9.59 Å². The third-order valence-corrected chi connectivity index (χ3v) is 3.83. The standard InChI is InChI=1S/C17H21NO4/c1-4-18-11-14(21-2)16(17(18)20)13-8-5-12(6-9-13)7-10-15(19)22-3/h5-6,8-9H,4,7,10-11H2,1-3H3. The van der Waals surface area contributed by atoms with Gasteiger partial charge in [0.1, 0.15) is 5.76 Å². The van der Waals surface area contributed by atoms with Crippen LogP contribution >= 0.6 is 0 Å². The number of esters is 1. The largest absolute Gasteiger partial charge is 0.498 e. The molecule has 2 rings (SSSR count). The Balaban J connectivity index is 2.16. The van der Waals surface area contributed by atoms with E-state index < -0.39 is 0 Å². The molecule has 1 aromatic rings. The molecule has 1 amide bonds. The zero-order valence-electron chi connectivity index (χ0n) is 13.2. The smallest absolute Gasteiger partial charge is 0.305 e. The van der Waals surface area contributed by atoms with Gasteiger partial charge in [-0.1, -0.05) is 24.3 Å². The molecule has 0 saturated carbocycles. The molecule has 0 unspecified atom stereocenters. The minimum absolute atomic E-state index is 0.00154.